The van der Waals surface area contributed by atoms with Gasteiger partial charge in [-0.25, -0.2) is 4.79 Å². The monoisotopic (exact) mass is 456 g/mol. The Morgan fingerprint density at radius 3 is 2.64 bits per heavy atom. The van der Waals surface area contributed by atoms with Crippen LogP contribution in [-0.2, 0) is 24.5 Å². The molecule has 1 aromatic rings. The van der Waals surface area contributed by atoms with Crippen LogP contribution in [0.15, 0.2) is 30.4 Å². The van der Waals surface area contributed by atoms with E-state index in [1.807, 2.05) is 31.0 Å². The van der Waals surface area contributed by atoms with Gasteiger partial charge in [0.2, 0.25) is 5.60 Å². The van der Waals surface area contributed by atoms with Crippen LogP contribution in [0.25, 0.3) is 0 Å². The number of ether oxygens (including phenoxy) is 3. The van der Waals surface area contributed by atoms with Crippen LogP contribution in [0, 0.1) is 5.41 Å². The Bertz CT molecular complexity index is 1040. The van der Waals surface area contributed by atoms with Crippen LogP contribution in [0.5, 0.6) is 5.75 Å². The lowest BCUT2D eigenvalue weighted by Crippen LogP contribution is -2.81. The summed E-state index contributed by atoms with van der Waals surface area (Å²) < 4.78 is 16.6. The van der Waals surface area contributed by atoms with Gasteiger partial charge in [0.1, 0.15) is 5.75 Å². The Hall–Kier alpha value is -2.58. The van der Waals surface area contributed by atoms with Crippen molar-refractivity contribution in [1.29, 1.82) is 0 Å². The van der Waals surface area contributed by atoms with Gasteiger partial charge in [-0.2, -0.15) is 0 Å². The number of benzene rings is 1. The summed E-state index contributed by atoms with van der Waals surface area (Å²) in [5.41, 5.74) is -1.41. The third kappa shape index (κ3) is 2.48. The Morgan fingerprint density at radius 2 is 2.00 bits per heavy atom. The lowest BCUT2D eigenvalue weighted by Gasteiger charge is -2.63. The first kappa shape index (κ1) is 22.2. The number of anilines is 1. The van der Waals surface area contributed by atoms with Crippen molar-refractivity contribution in [3.63, 3.8) is 0 Å². The Kier molecular flexibility index (Phi) is 4.85. The third-order valence-electron chi connectivity index (χ3n) is 8.62. The maximum atomic E-state index is 13.5. The summed E-state index contributed by atoms with van der Waals surface area (Å²) in [7, 11) is 4.77. The van der Waals surface area contributed by atoms with Gasteiger partial charge < -0.3 is 24.2 Å². The Labute approximate surface area is 194 Å². The fraction of sp³-hybridized carbons (Fsp3) is 0.600. The highest BCUT2D eigenvalue weighted by molar-refractivity contribution is 5.87. The first-order valence-corrected chi connectivity index (χ1v) is 11.5. The van der Waals surface area contributed by atoms with Crippen molar-refractivity contribution < 1.29 is 28.9 Å². The first-order chi connectivity index (χ1) is 15.7. The average Bonchev–Trinajstić information content (AvgIpc) is 3.32. The zero-order valence-electron chi connectivity index (χ0n) is 19.8. The predicted octanol–water partition coefficient (Wildman–Crippen LogP) is 1.64. The van der Waals surface area contributed by atoms with Crippen LogP contribution in [0.2, 0.25) is 0 Å². The van der Waals surface area contributed by atoms with Crippen LogP contribution < -0.4 is 9.64 Å². The van der Waals surface area contributed by atoms with Crippen molar-refractivity contribution in [2.45, 2.75) is 55.9 Å². The average molecular weight is 457 g/mol. The van der Waals surface area contributed by atoms with E-state index < -0.39 is 40.5 Å². The second-order valence-corrected chi connectivity index (χ2v) is 9.76. The number of methoxy groups -OCH3 is 2. The maximum absolute atomic E-state index is 13.5. The molecule has 1 saturated carbocycles. The van der Waals surface area contributed by atoms with Crippen LogP contribution in [0.4, 0.5) is 5.69 Å². The molecule has 4 aliphatic rings. The topological polar surface area (TPSA) is 88.5 Å². The molecule has 8 heteroatoms. The zero-order chi connectivity index (χ0) is 23.8. The zero-order valence-corrected chi connectivity index (χ0v) is 19.8. The minimum atomic E-state index is -2.08. The molecule has 3 aliphatic heterocycles. The number of likely N-dealkylation sites (N-methyl/N-ethyl adjacent to an activating group) is 1. The first-order valence-electron chi connectivity index (χ1n) is 11.5. The summed E-state index contributed by atoms with van der Waals surface area (Å²) in [6.07, 6.45) is 4.40. The maximum Gasteiger partial charge on any atom is 0.344 e. The third-order valence-corrected chi connectivity index (χ3v) is 8.62. The number of rotatable bonds is 4. The fourth-order valence-corrected chi connectivity index (χ4v) is 7.68. The summed E-state index contributed by atoms with van der Waals surface area (Å²) in [5, 5.41) is 12.5. The van der Waals surface area contributed by atoms with Gasteiger partial charge >= 0.3 is 11.9 Å². The number of aliphatic hydroxyl groups is 1. The molecule has 5 rings (SSSR count). The molecule has 1 saturated heterocycles. The molecular weight excluding hydrogens is 424 g/mol. The van der Waals surface area contributed by atoms with Crippen molar-refractivity contribution in [3.05, 3.63) is 35.9 Å². The molecule has 0 radical (unpaired) electrons. The van der Waals surface area contributed by atoms with Crippen LogP contribution in [-0.4, -0.2) is 80.1 Å². The fourth-order valence-electron chi connectivity index (χ4n) is 7.68. The number of esters is 2. The molecule has 1 N–H and O–H groups in total. The number of hydrogen-bond donors (Lipinski definition) is 1. The molecule has 1 aliphatic carbocycles. The molecule has 3 heterocycles. The van der Waals surface area contributed by atoms with Crippen molar-refractivity contribution in [3.8, 4) is 5.75 Å². The molecule has 33 heavy (non-hydrogen) atoms. The molecule has 1 aromatic carbocycles. The lowest BCUT2D eigenvalue weighted by molar-refractivity contribution is -0.228. The van der Waals surface area contributed by atoms with Gasteiger partial charge in [0.15, 0.2) is 6.10 Å². The highest BCUT2D eigenvalue weighted by Crippen LogP contribution is 2.67. The van der Waals surface area contributed by atoms with Crippen molar-refractivity contribution in [2.24, 2.45) is 5.41 Å². The molecule has 1 spiro atoms. The summed E-state index contributed by atoms with van der Waals surface area (Å²) in [6.45, 7) is 4.94. The normalized spacial score (nSPS) is 38.4. The molecule has 2 fully saturated rings. The number of hydrogen-bond acceptors (Lipinski definition) is 8. The predicted molar refractivity (Wildman–Crippen MR) is 121 cm³/mol. The molecule has 0 unspecified atom stereocenters. The molecular formula is C25H32N2O6. The molecule has 178 valence electrons. The Balaban J connectivity index is 1.86. The van der Waals surface area contributed by atoms with E-state index >= 15 is 0 Å². The van der Waals surface area contributed by atoms with Gasteiger partial charge in [0, 0.05) is 49.1 Å². The van der Waals surface area contributed by atoms with Gasteiger partial charge in [0.25, 0.3) is 0 Å². The van der Waals surface area contributed by atoms with E-state index in [1.54, 1.807) is 7.11 Å². The number of fused-ring (bicyclic) bond motifs is 1. The molecule has 8 nitrogen and oxygen atoms in total. The van der Waals surface area contributed by atoms with E-state index in [4.69, 9.17) is 14.2 Å². The van der Waals surface area contributed by atoms with Crippen molar-refractivity contribution >= 4 is 17.6 Å². The quantitative estimate of drug-likeness (QED) is 0.541. The number of nitrogens with zero attached hydrogens (tertiary/aromatic N) is 2. The minimum Gasteiger partial charge on any atom is -0.497 e. The summed E-state index contributed by atoms with van der Waals surface area (Å²) in [5.74, 6) is -0.617. The highest BCUT2D eigenvalue weighted by atomic mass is 16.6. The minimum absolute atomic E-state index is 0.0589. The van der Waals surface area contributed by atoms with Gasteiger partial charge in [0.05, 0.1) is 20.3 Å². The Morgan fingerprint density at radius 1 is 1.24 bits per heavy atom. The van der Waals surface area contributed by atoms with E-state index in [1.165, 1.54) is 14.0 Å². The second kappa shape index (κ2) is 7.21. The van der Waals surface area contributed by atoms with Crippen LogP contribution in [0.1, 0.15) is 32.3 Å². The van der Waals surface area contributed by atoms with Gasteiger partial charge in [-0.15, -0.1) is 0 Å². The van der Waals surface area contributed by atoms with Gasteiger partial charge in [-0.3, -0.25) is 9.69 Å². The molecule has 0 aromatic heterocycles. The number of carbonyl (C=O) groups is 2. The van der Waals surface area contributed by atoms with E-state index in [9.17, 15) is 14.7 Å². The smallest absolute Gasteiger partial charge is 0.344 e. The van der Waals surface area contributed by atoms with Crippen molar-refractivity contribution in [2.75, 3.05) is 39.3 Å². The van der Waals surface area contributed by atoms with E-state index in [0.717, 1.165) is 30.8 Å². The second-order valence-electron chi connectivity index (χ2n) is 9.76. The molecule has 0 amide bonds. The summed E-state index contributed by atoms with van der Waals surface area (Å²) >= 11 is 0. The lowest BCUT2D eigenvalue weighted by atomic mass is 9.47. The van der Waals surface area contributed by atoms with Crippen molar-refractivity contribution in [1.82, 2.24) is 4.90 Å². The summed E-state index contributed by atoms with van der Waals surface area (Å²) in [4.78, 5) is 30.2. The highest BCUT2D eigenvalue weighted by Gasteiger charge is 2.80. The van der Waals surface area contributed by atoms with Gasteiger partial charge in [-0.05, 0) is 31.0 Å². The van der Waals surface area contributed by atoms with E-state index in [2.05, 4.69) is 23.1 Å². The van der Waals surface area contributed by atoms with Gasteiger partial charge in [-0.1, -0.05) is 25.1 Å². The standard InChI is InChI=1S/C25H32N2O6/c1-6-23-10-7-12-27-13-11-24(19(23)27)17-9-8-16(31-4)14-18(17)26(3)20(24)25(30,22(29)32-5)21(23)33-15(2)28/h7-10,14,19-21,30H,6,11-13H2,1-5H3/t19-,20+,21+,23-,24+,25-/m1/s1. The number of carbonyl (C=O) groups excluding carboxylic acids is 2. The largest absolute Gasteiger partial charge is 0.497 e. The van der Waals surface area contributed by atoms with Crippen LogP contribution >= 0.6 is 0 Å². The summed E-state index contributed by atoms with van der Waals surface area (Å²) in [6, 6.07) is 5.22. The van der Waals surface area contributed by atoms with Crippen LogP contribution in [0.3, 0.4) is 0 Å². The SMILES string of the molecule is CC[C@]12C=CCN3CC[C@]4(c5ccc(OC)cc5N(C)[C@@H]4[C@](O)(C(=O)OC)[C@H]1OC(C)=O)[C@H]32. The van der Waals surface area contributed by atoms with E-state index in [0.29, 0.717) is 12.2 Å². The van der Waals surface area contributed by atoms with E-state index in [-0.39, 0.29) is 6.04 Å². The molecule has 0 bridgehead atoms. The molecule has 6 atom stereocenters.